The lowest BCUT2D eigenvalue weighted by atomic mass is 10.2. The minimum atomic E-state index is -0.686. The Labute approximate surface area is 133 Å². The highest BCUT2D eigenvalue weighted by Gasteiger charge is 2.12. The first-order chi connectivity index (χ1) is 10.5. The summed E-state index contributed by atoms with van der Waals surface area (Å²) in [6, 6.07) is 8.31. The highest BCUT2D eigenvalue weighted by Crippen LogP contribution is 2.21. The predicted octanol–water partition coefficient (Wildman–Crippen LogP) is 3.91. The van der Waals surface area contributed by atoms with Gasteiger partial charge >= 0.3 is 0 Å². The Bertz CT molecular complexity index is 945. The number of thiazole rings is 1. The molecule has 0 unspecified atom stereocenters. The van der Waals surface area contributed by atoms with Crippen molar-refractivity contribution in [3.63, 3.8) is 0 Å². The van der Waals surface area contributed by atoms with Crippen LogP contribution in [0.15, 0.2) is 41.4 Å². The van der Waals surface area contributed by atoms with Gasteiger partial charge in [0.15, 0.2) is 10.6 Å². The Kier molecular flexibility index (Phi) is 3.80. The van der Waals surface area contributed by atoms with Crippen molar-refractivity contribution in [3.05, 3.63) is 63.4 Å². The van der Waals surface area contributed by atoms with Crippen molar-refractivity contribution < 1.29 is 13.6 Å². The van der Waals surface area contributed by atoms with E-state index in [2.05, 4.69) is 4.99 Å². The van der Waals surface area contributed by atoms with Crippen molar-refractivity contribution in [3.8, 4) is 0 Å². The third-order valence-corrected chi connectivity index (χ3v) is 4.44. The van der Waals surface area contributed by atoms with Gasteiger partial charge in [-0.25, -0.2) is 8.78 Å². The number of aryl methyl sites for hydroxylation is 1. The number of fused-ring (bicyclic) bond motifs is 1. The van der Waals surface area contributed by atoms with Gasteiger partial charge in [-0.2, -0.15) is 4.99 Å². The van der Waals surface area contributed by atoms with Crippen LogP contribution in [0, 0.1) is 11.6 Å². The molecular formula is C15H9ClF2N2OS. The molecule has 0 radical (unpaired) electrons. The lowest BCUT2D eigenvalue weighted by Gasteiger charge is -1.98. The molecule has 0 N–H and O–H groups in total. The number of amides is 1. The average Bonchev–Trinajstić information content (AvgIpc) is 2.75. The minimum absolute atomic E-state index is 0.217. The van der Waals surface area contributed by atoms with E-state index in [0.29, 0.717) is 20.1 Å². The molecule has 3 rings (SSSR count). The normalized spacial score (nSPS) is 12.1. The lowest BCUT2D eigenvalue weighted by molar-refractivity contribution is 0.0998. The van der Waals surface area contributed by atoms with Gasteiger partial charge in [0.25, 0.3) is 5.91 Å². The van der Waals surface area contributed by atoms with E-state index in [9.17, 15) is 13.6 Å². The van der Waals surface area contributed by atoms with Crippen molar-refractivity contribution in [2.75, 3.05) is 0 Å². The number of benzene rings is 2. The van der Waals surface area contributed by atoms with Crippen molar-refractivity contribution in [2.45, 2.75) is 0 Å². The van der Waals surface area contributed by atoms with Gasteiger partial charge in [-0.05, 0) is 30.3 Å². The Morgan fingerprint density at radius 2 is 1.91 bits per heavy atom. The zero-order valence-electron chi connectivity index (χ0n) is 11.3. The van der Waals surface area contributed by atoms with E-state index in [1.807, 2.05) is 0 Å². The maximum Gasteiger partial charge on any atom is 0.279 e. The predicted molar refractivity (Wildman–Crippen MR) is 82.1 cm³/mol. The molecule has 0 aliphatic carbocycles. The molecule has 1 aromatic heterocycles. The quantitative estimate of drug-likeness (QED) is 0.662. The molecule has 0 saturated carbocycles. The van der Waals surface area contributed by atoms with Gasteiger partial charge in [0, 0.05) is 23.7 Å². The molecule has 22 heavy (non-hydrogen) atoms. The number of carbonyl (C=O) groups is 1. The Balaban J connectivity index is 2.13. The molecule has 0 saturated heterocycles. The molecule has 0 aliphatic heterocycles. The van der Waals surface area contributed by atoms with Crippen molar-refractivity contribution in [1.29, 1.82) is 0 Å². The summed E-state index contributed by atoms with van der Waals surface area (Å²) < 4.78 is 28.9. The van der Waals surface area contributed by atoms with E-state index in [0.717, 1.165) is 17.4 Å². The highest BCUT2D eigenvalue weighted by atomic mass is 35.5. The zero-order chi connectivity index (χ0) is 15.9. The smallest absolute Gasteiger partial charge is 0.279 e. The summed E-state index contributed by atoms with van der Waals surface area (Å²) in [4.78, 5) is 16.4. The van der Waals surface area contributed by atoms with Crippen LogP contribution < -0.4 is 4.80 Å². The standard InChI is InChI=1S/C15H9ClF2N2OS/c1-20-13-11(18)6-10(17)7-12(13)22-15(20)19-14(21)8-2-4-9(16)5-3-8/h2-7H,1H3. The molecule has 0 fully saturated rings. The second kappa shape index (κ2) is 5.62. The van der Waals surface area contributed by atoms with Gasteiger partial charge in [0.05, 0.1) is 10.2 Å². The third-order valence-electron chi connectivity index (χ3n) is 3.11. The number of aromatic nitrogens is 1. The second-order valence-electron chi connectivity index (χ2n) is 4.60. The van der Waals surface area contributed by atoms with Crippen molar-refractivity contribution in [2.24, 2.45) is 12.0 Å². The van der Waals surface area contributed by atoms with Crippen LogP contribution in [0.25, 0.3) is 10.2 Å². The maximum atomic E-state index is 13.8. The summed E-state index contributed by atoms with van der Waals surface area (Å²) in [5, 5.41) is 0.515. The molecule has 2 aromatic carbocycles. The van der Waals surface area contributed by atoms with Gasteiger partial charge in [0.2, 0.25) is 0 Å². The number of halogens is 3. The second-order valence-corrected chi connectivity index (χ2v) is 6.05. The van der Waals surface area contributed by atoms with Gasteiger partial charge in [0.1, 0.15) is 5.82 Å². The zero-order valence-corrected chi connectivity index (χ0v) is 12.9. The summed E-state index contributed by atoms with van der Waals surface area (Å²) >= 11 is 6.81. The number of hydrogen-bond acceptors (Lipinski definition) is 2. The van der Waals surface area contributed by atoms with Crippen LogP contribution in [0.1, 0.15) is 10.4 Å². The lowest BCUT2D eigenvalue weighted by Crippen LogP contribution is -2.13. The number of hydrogen-bond donors (Lipinski definition) is 0. The summed E-state index contributed by atoms with van der Waals surface area (Å²) in [6.45, 7) is 0. The highest BCUT2D eigenvalue weighted by molar-refractivity contribution is 7.16. The summed E-state index contributed by atoms with van der Waals surface area (Å²) in [6.07, 6.45) is 0. The van der Waals surface area contributed by atoms with Gasteiger partial charge in [-0.3, -0.25) is 4.79 Å². The SMILES string of the molecule is Cn1c(=NC(=O)c2ccc(Cl)cc2)sc2cc(F)cc(F)c21. The summed E-state index contributed by atoms with van der Waals surface area (Å²) in [5.74, 6) is -1.82. The van der Waals surface area contributed by atoms with E-state index in [1.165, 1.54) is 10.6 Å². The van der Waals surface area contributed by atoms with Crippen LogP contribution in [0.4, 0.5) is 8.78 Å². The number of carbonyl (C=O) groups excluding carboxylic acids is 1. The molecule has 1 heterocycles. The molecule has 7 heteroatoms. The molecule has 0 aliphatic rings. The number of nitrogens with zero attached hydrogens (tertiary/aromatic N) is 2. The monoisotopic (exact) mass is 338 g/mol. The molecule has 0 bridgehead atoms. The first-order valence-electron chi connectivity index (χ1n) is 6.25. The topological polar surface area (TPSA) is 34.4 Å². The fraction of sp³-hybridized carbons (Fsp3) is 0.0667. The van der Waals surface area contributed by atoms with Crippen LogP contribution in [0.2, 0.25) is 5.02 Å². The third kappa shape index (κ3) is 2.67. The summed E-state index contributed by atoms with van der Waals surface area (Å²) in [7, 11) is 1.58. The van der Waals surface area contributed by atoms with E-state index in [-0.39, 0.29) is 5.52 Å². The van der Waals surface area contributed by atoms with Crippen LogP contribution in [-0.2, 0) is 7.05 Å². The molecular weight excluding hydrogens is 330 g/mol. The first-order valence-corrected chi connectivity index (χ1v) is 7.44. The van der Waals surface area contributed by atoms with E-state index >= 15 is 0 Å². The molecule has 112 valence electrons. The van der Waals surface area contributed by atoms with E-state index in [4.69, 9.17) is 11.6 Å². The molecule has 3 aromatic rings. The number of rotatable bonds is 1. The van der Waals surface area contributed by atoms with Crippen molar-refractivity contribution >= 4 is 39.1 Å². The van der Waals surface area contributed by atoms with Gasteiger partial charge < -0.3 is 4.57 Å². The molecule has 1 amide bonds. The van der Waals surface area contributed by atoms with E-state index < -0.39 is 17.5 Å². The Hall–Kier alpha value is -2.05. The van der Waals surface area contributed by atoms with Gasteiger partial charge in [-0.15, -0.1) is 0 Å². The average molecular weight is 339 g/mol. The summed E-state index contributed by atoms with van der Waals surface area (Å²) in [5.41, 5.74) is 0.586. The van der Waals surface area contributed by atoms with Crippen LogP contribution in [0.3, 0.4) is 0 Å². The molecule has 0 atom stereocenters. The Morgan fingerprint density at radius 1 is 1.23 bits per heavy atom. The minimum Gasteiger partial charge on any atom is -0.317 e. The fourth-order valence-electron chi connectivity index (χ4n) is 2.05. The van der Waals surface area contributed by atoms with E-state index in [1.54, 1.807) is 31.3 Å². The van der Waals surface area contributed by atoms with Crippen molar-refractivity contribution in [1.82, 2.24) is 4.57 Å². The molecule has 3 nitrogen and oxygen atoms in total. The first kappa shape index (κ1) is 14.9. The Morgan fingerprint density at radius 3 is 2.59 bits per heavy atom. The van der Waals surface area contributed by atoms with Crippen LogP contribution in [-0.4, -0.2) is 10.5 Å². The largest absolute Gasteiger partial charge is 0.317 e. The van der Waals surface area contributed by atoms with Crippen LogP contribution >= 0.6 is 22.9 Å². The maximum absolute atomic E-state index is 13.8. The van der Waals surface area contributed by atoms with Gasteiger partial charge in [-0.1, -0.05) is 22.9 Å². The van der Waals surface area contributed by atoms with Crippen LogP contribution in [0.5, 0.6) is 0 Å². The fourth-order valence-corrected chi connectivity index (χ4v) is 3.23. The molecule has 0 spiro atoms.